The number of rotatable bonds is 0. The molecule has 0 atom stereocenters. The summed E-state index contributed by atoms with van der Waals surface area (Å²) < 4.78 is 2.31. The average molecular weight is 221 g/mol. The summed E-state index contributed by atoms with van der Waals surface area (Å²) in [5.74, 6) is 0. The number of anilines is 1. The topological polar surface area (TPSA) is 51.8 Å². The Kier molecular flexibility index (Phi) is 1.54. The Morgan fingerprint density at radius 3 is 2.93 bits per heavy atom. The maximum atomic E-state index is 5.67. The van der Waals surface area contributed by atoms with Crippen LogP contribution in [0.15, 0.2) is 12.1 Å². The van der Waals surface area contributed by atoms with E-state index in [0.717, 1.165) is 20.7 Å². The number of fused-ring (bicyclic) bond motifs is 3. The van der Waals surface area contributed by atoms with Crippen LogP contribution in [0.25, 0.3) is 20.4 Å². The number of nitrogen functional groups attached to an aromatic ring is 1. The highest BCUT2D eigenvalue weighted by atomic mass is 32.1. The van der Waals surface area contributed by atoms with Gasteiger partial charge in [0.15, 0.2) is 5.13 Å². The third kappa shape index (κ3) is 1.03. The molecule has 0 saturated carbocycles. The van der Waals surface area contributed by atoms with Crippen LogP contribution >= 0.6 is 22.7 Å². The summed E-state index contributed by atoms with van der Waals surface area (Å²) in [6.07, 6.45) is 0. The van der Waals surface area contributed by atoms with Crippen molar-refractivity contribution in [1.29, 1.82) is 0 Å². The first-order valence-electron chi connectivity index (χ1n) is 4.16. The first kappa shape index (κ1) is 8.14. The van der Waals surface area contributed by atoms with Crippen molar-refractivity contribution in [1.82, 2.24) is 9.97 Å². The zero-order valence-electron chi connectivity index (χ0n) is 7.44. The molecule has 3 nitrogen and oxygen atoms in total. The molecular weight excluding hydrogens is 214 g/mol. The van der Waals surface area contributed by atoms with Crippen LogP contribution in [0.4, 0.5) is 5.13 Å². The van der Waals surface area contributed by atoms with Gasteiger partial charge in [0.05, 0.1) is 19.9 Å². The van der Waals surface area contributed by atoms with E-state index in [4.69, 9.17) is 5.73 Å². The second-order valence-electron chi connectivity index (χ2n) is 3.05. The Bertz CT molecular complexity index is 568. The van der Waals surface area contributed by atoms with E-state index in [2.05, 4.69) is 16.0 Å². The third-order valence-corrected chi connectivity index (χ3v) is 3.88. The van der Waals surface area contributed by atoms with E-state index < -0.39 is 0 Å². The van der Waals surface area contributed by atoms with Crippen LogP contribution in [0.5, 0.6) is 0 Å². The lowest BCUT2D eigenvalue weighted by atomic mass is 10.3. The number of aryl methyl sites for hydroxylation is 1. The van der Waals surface area contributed by atoms with Crippen molar-refractivity contribution >= 4 is 48.2 Å². The molecule has 0 amide bonds. The molecule has 0 aliphatic rings. The second-order valence-corrected chi connectivity index (χ2v) is 5.31. The molecule has 0 spiro atoms. The zero-order chi connectivity index (χ0) is 9.71. The fraction of sp³-hybridized carbons (Fsp3) is 0.111. The van der Waals surface area contributed by atoms with Gasteiger partial charge in [-0.2, -0.15) is 0 Å². The minimum atomic E-state index is 0.609. The van der Waals surface area contributed by atoms with Crippen molar-refractivity contribution in [2.24, 2.45) is 0 Å². The van der Waals surface area contributed by atoms with Crippen LogP contribution in [-0.2, 0) is 0 Å². The molecule has 2 N–H and O–H groups in total. The van der Waals surface area contributed by atoms with Crippen molar-refractivity contribution in [2.75, 3.05) is 5.73 Å². The summed E-state index contributed by atoms with van der Waals surface area (Å²) >= 11 is 3.21. The minimum absolute atomic E-state index is 0.609. The molecule has 0 aliphatic heterocycles. The molecule has 0 aliphatic carbocycles. The molecule has 0 bridgehead atoms. The van der Waals surface area contributed by atoms with E-state index in [-0.39, 0.29) is 0 Å². The number of hydrogen-bond acceptors (Lipinski definition) is 5. The number of aromatic nitrogens is 2. The predicted octanol–water partition coefficient (Wildman–Crippen LogP) is 2.80. The fourth-order valence-corrected chi connectivity index (χ4v) is 3.23. The van der Waals surface area contributed by atoms with Gasteiger partial charge < -0.3 is 5.73 Å². The molecule has 2 aromatic heterocycles. The van der Waals surface area contributed by atoms with Crippen LogP contribution in [0.1, 0.15) is 5.01 Å². The lowest BCUT2D eigenvalue weighted by molar-refractivity contribution is 1.35. The molecule has 14 heavy (non-hydrogen) atoms. The van der Waals surface area contributed by atoms with Crippen molar-refractivity contribution in [3.63, 3.8) is 0 Å². The summed E-state index contributed by atoms with van der Waals surface area (Å²) in [5.41, 5.74) is 7.66. The van der Waals surface area contributed by atoms with Crippen LogP contribution < -0.4 is 5.73 Å². The van der Waals surface area contributed by atoms with Crippen molar-refractivity contribution in [3.05, 3.63) is 17.1 Å². The van der Waals surface area contributed by atoms with Gasteiger partial charge in [0.1, 0.15) is 5.52 Å². The lowest BCUT2D eigenvalue weighted by Gasteiger charge is -1.87. The SMILES string of the molecule is Cc1nc2c(ccc3nc(N)sc32)s1. The zero-order valence-corrected chi connectivity index (χ0v) is 9.08. The average Bonchev–Trinajstić information content (AvgIpc) is 2.65. The van der Waals surface area contributed by atoms with E-state index in [1.165, 1.54) is 16.0 Å². The third-order valence-electron chi connectivity index (χ3n) is 2.04. The Morgan fingerprint density at radius 1 is 1.21 bits per heavy atom. The van der Waals surface area contributed by atoms with Crippen LogP contribution in [-0.4, -0.2) is 9.97 Å². The predicted molar refractivity (Wildman–Crippen MR) is 61.9 cm³/mol. The fourth-order valence-electron chi connectivity index (χ4n) is 1.50. The van der Waals surface area contributed by atoms with E-state index >= 15 is 0 Å². The first-order valence-corrected chi connectivity index (χ1v) is 5.79. The molecule has 70 valence electrons. The van der Waals surface area contributed by atoms with Gasteiger partial charge in [0.25, 0.3) is 0 Å². The maximum absolute atomic E-state index is 5.67. The molecule has 3 rings (SSSR count). The molecule has 3 aromatic rings. The minimum Gasteiger partial charge on any atom is -0.375 e. The second kappa shape index (κ2) is 2.65. The Balaban J connectivity index is 2.58. The number of thiazole rings is 2. The van der Waals surface area contributed by atoms with E-state index in [9.17, 15) is 0 Å². The van der Waals surface area contributed by atoms with Gasteiger partial charge in [0, 0.05) is 0 Å². The van der Waals surface area contributed by atoms with Crippen LogP contribution in [0.2, 0.25) is 0 Å². The van der Waals surface area contributed by atoms with Gasteiger partial charge in [-0.05, 0) is 19.1 Å². The Hall–Kier alpha value is -1.20. The van der Waals surface area contributed by atoms with E-state index in [0.29, 0.717) is 5.13 Å². The maximum Gasteiger partial charge on any atom is 0.181 e. The highest BCUT2D eigenvalue weighted by Crippen LogP contribution is 2.33. The molecule has 0 unspecified atom stereocenters. The standard InChI is InChI=1S/C9H7N3S2/c1-4-11-7-6(13-4)3-2-5-8(7)14-9(10)12-5/h2-3H,1H3,(H2,10,12). The summed E-state index contributed by atoms with van der Waals surface area (Å²) in [5, 5.41) is 1.69. The first-order chi connectivity index (χ1) is 6.74. The van der Waals surface area contributed by atoms with Gasteiger partial charge in [-0.3, -0.25) is 0 Å². The van der Waals surface area contributed by atoms with E-state index in [1.807, 2.05) is 13.0 Å². The molecule has 5 heteroatoms. The molecule has 0 saturated heterocycles. The van der Waals surface area contributed by atoms with Crippen LogP contribution in [0.3, 0.4) is 0 Å². The number of benzene rings is 1. The lowest BCUT2D eigenvalue weighted by Crippen LogP contribution is -1.78. The van der Waals surface area contributed by atoms with Gasteiger partial charge in [-0.25, -0.2) is 9.97 Å². The Labute approximate surface area is 88.2 Å². The number of hydrogen-bond donors (Lipinski definition) is 1. The molecule has 0 radical (unpaired) electrons. The van der Waals surface area contributed by atoms with Crippen molar-refractivity contribution in [2.45, 2.75) is 6.92 Å². The van der Waals surface area contributed by atoms with Gasteiger partial charge >= 0.3 is 0 Å². The summed E-state index contributed by atoms with van der Waals surface area (Å²) in [7, 11) is 0. The highest BCUT2D eigenvalue weighted by Gasteiger charge is 2.08. The van der Waals surface area contributed by atoms with Crippen molar-refractivity contribution in [3.8, 4) is 0 Å². The van der Waals surface area contributed by atoms with Crippen LogP contribution in [0, 0.1) is 6.92 Å². The monoisotopic (exact) mass is 221 g/mol. The number of nitrogens with zero attached hydrogens (tertiary/aromatic N) is 2. The highest BCUT2D eigenvalue weighted by molar-refractivity contribution is 7.24. The molecule has 1 aromatic carbocycles. The summed E-state index contributed by atoms with van der Waals surface area (Å²) in [6, 6.07) is 4.06. The smallest absolute Gasteiger partial charge is 0.181 e. The molecular formula is C9H7N3S2. The Morgan fingerprint density at radius 2 is 2.07 bits per heavy atom. The van der Waals surface area contributed by atoms with Gasteiger partial charge in [0.2, 0.25) is 0 Å². The summed E-state index contributed by atoms with van der Waals surface area (Å²) in [4.78, 5) is 8.72. The van der Waals surface area contributed by atoms with Crippen molar-refractivity contribution < 1.29 is 0 Å². The van der Waals surface area contributed by atoms with Gasteiger partial charge in [-0.1, -0.05) is 11.3 Å². The largest absolute Gasteiger partial charge is 0.375 e. The van der Waals surface area contributed by atoms with E-state index in [1.54, 1.807) is 11.3 Å². The molecule has 0 fully saturated rings. The van der Waals surface area contributed by atoms with Gasteiger partial charge in [-0.15, -0.1) is 11.3 Å². The normalized spacial score (nSPS) is 11.5. The number of nitrogens with two attached hydrogens (primary N) is 1. The quantitative estimate of drug-likeness (QED) is 0.635. The summed E-state index contributed by atoms with van der Waals surface area (Å²) in [6.45, 7) is 2.01. The molecule has 2 heterocycles.